The molecule has 0 aliphatic heterocycles. The summed E-state index contributed by atoms with van der Waals surface area (Å²) in [5, 5.41) is 23.1. The second-order valence-corrected chi connectivity index (χ2v) is 11.0. The zero-order valence-electron chi connectivity index (χ0n) is 19.4. The Morgan fingerprint density at radius 1 is 1.13 bits per heavy atom. The third-order valence-electron chi connectivity index (χ3n) is 8.89. The van der Waals surface area contributed by atoms with Gasteiger partial charge in [0.15, 0.2) is 5.75 Å². The molecule has 0 radical (unpaired) electrons. The number of carbonyl (C=O) groups is 1. The molecular formula is C25H36N2O4. The Morgan fingerprint density at radius 3 is 2.32 bits per heavy atom. The van der Waals surface area contributed by atoms with Crippen LogP contribution in [0.5, 0.6) is 5.75 Å². The number of benzene rings is 1. The number of phenolic OH excluding ortho intramolecular Hbond substituents is 1. The van der Waals surface area contributed by atoms with Crippen LogP contribution in [-0.4, -0.2) is 15.9 Å². The number of amides is 1. The molecule has 5 atom stereocenters. The molecule has 3 aliphatic rings. The molecule has 31 heavy (non-hydrogen) atoms. The van der Waals surface area contributed by atoms with E-state index in [1.54, 1.807) is 0 Å². The molecule has 3 aliphatic carbocycles. The van der Waals surface area contributed by atoms with E-state index in [4.69, 9.17) is 5.73 Å². The van der Waals surface area contributed by atoms with Gasteiger partial charge in [-0.1, -0.05) is 34.6 Å². The maximum atomic E-state index is 12.2. The molecule has 6 heteroatoms. The number of aromatic hydroxyl groups is 1. The fraction of sp³-hybridized carbons (Fsp3) is 0.720. The number of carbonyl (C=O) groups excluding carboxylic acids is 1. The summed E-state index contributed by atoms with van der Waals surface area (Å²) >= 11 is 0. The molecule has 2 saturated carbocycles. The first-order valence-corrected chi connectivity index (χ1v) is 11.9. The van der Waals surface area contributed by atoms with Crippen LogP contribution in [0.3, 0.4) is 0 Å². The summed E-state index contributed by atoms with van der Waals surface area (Å²) in [4.78, 5) is 23.9. The highest BCUT2D eigenvalue weighted by molar-refractivity contribution is 5.78. The molecule has 6 nitrogen and oxygen atoms in total. The maximum Gasteiger partial charge on any atom is 0.314 e. The van der Waals surface area contributed by atoms with Gasteiger partial charge >= 0.3 is 5.69 Å². The maximum absolute atomic E-state index is 12.2. The Bertz CT molecular complexity index is 938. The van der Waals surface area contributed by atoms with Crippen molar-refractivity contribution >= 4 is 11.6 Å². The molecule has 0 heterocycles. The van der Waals surface area contributed by atoms with Gasteiger partial charge in [0.2, 0.25) is 5.91 Å². The smallest absolute Gasteiger partial charge is 0.314 e. The number of fused-ring (bicyclic) bond motifs is 5. The van der Waals surface area contributed by atoms with E-state index in [2.05, 4.69) is 6.92 Å². The molecule has 0 saturated heterocycles. The number of hydrogen-bond donors (Lipinski definition) is 2. The lowest BCUT2D eigenvalue weighted by Crippen LogP contribution is -2.45. The van der Waals surface area contributed by atoms with Crippen LogP contribution in [-0.2, 0) is 11.2 Å². The zero-order chi connectivity index (χ0) is 22.8. The minimum Gasteiger partial charge on any atom is -0.502 e. The van der Waals surface area contributed by atoms with Crippen molar-refractivity contribution in [2.45, 2.75) is 90.9 Å². The van der Waals surface area contributed by atoms with Crippen molar-refractivity contribution in [1.82, 2.24) is 0 Å². The van der Waals surface area contributed by atoms with Crippen molar-refractivity contribution in [2.24, 2.45) is 28.9 Å². The minimum atomic E-state index is -0.383. The number of nitro groups is 1. The number of nitro benzene ring substituents is 1. The molecule has 0 bridgehead atoms. The minimum absolute atomic E-state index is 0.0183. The van der Waals surface area contributed by atoms with Crippen LogP contribution < -0.4 is 5.73 Å². The van der Waals surface area contributed by atoms with Gasteiger partial charge in [0.05, 0.1) is 4.92 Å². The first-order chi connectivity index (χ1) is 14.5. The van der Waals surface area contributed by atoms with Gasteiger partial charge in [-0.15, -0.1) is 0 Å². The molecule has 0 spiro atoms. The molecule has 170 valence electrons. The van der Waals surface area contributed by atoms with E-state index >= 15 is 0 Å². The number of primary amides is 1. The van der Waals surface area contributed by atoms with Crippen LogP contribution in [0.15, 0.2) is 0 Å². The predicted molar refractivity (Wildman–Crippen MR) is 120 cm³/mol. The first-order valence-electron chi connectivity index (χ1n) is 11.9. The van der Waals surface area contributed by atoms with Crippen molar-refractivity contribution < 1.29 is 14.8 Å². The number of nitrogens with zero attached hydrogens (tertiary/aromatic N) is 1. The van der Waals surface area contributed by atoms with Crippen LogP contribution in [0.1, 0.15) is 107 Å². The van der Waals surface area contributed by atoms with E-state index < -0.39 is 0 Å². The summed E-state index contributed by atoms with van der Waals surface area (Å²) in [7, 11) is 0. The normalized spacial score (nSPS) is 32.0. The summed E-state index contributed by atoms with van der Waals surface area (Å²) in [5.74, 6) is 0.693. The average molecular weight is 429 g/mol. The quantitative estimate of drug-likeness (QED) is 0.487. The number of rotatable bonds is 4. The van der Waals surface area contributed by atoms with Crippen molar-refractivity contribution in [3.8, 4) is 5.75 Å². The van der Waals surface area contributed by atoms with Gasteiger partial charge in [-0.3, -0.25) is 14.9 Å². The fourth-order valence-electron chi connectivity index (χ4n) is 7.74. The fourth-order valence-corrected chi connectivity index (χ4v) is 7.74. The van der Waals surface area contributed by atoms with E-state index in [1.807, 2.05) is 27.7 Å². The summed E-state index contributed by atoms with van der Waals surface area (Å²) in [6.07, 6.45) is 5.56. The lowest BCUT2D eigenvalue weighted by atomic mass is 9.53. The van der Waals surface area contributed by atoms with Gasteiger partial charge < -0.3 is 10.8 Å². The van der Waals surface area contributed by atoms with Gasteiger partial charge in [-0.2, -0.15) is 0 Å². The lowest BCUT2D eigenvalue weighted by molar-refractivity contribution is -0.386. The molecule has 2 fully saturated rings. The molecule has 0 unspecified atom stereocenters. The molecular weight excluding hydrogens is 392 g/mol. The largest absolute Gasteiger partial charge is 0.502 e. The summed E-state index contributed by atoms with van der Waals surface area (Å²) in [6.45, 7) is 10.2. The summed E-state index contributed by atoms with van der Waals surface area (Å²) in [5.41, 5.74) is 9.41. The predicted octanol–water partition coefficient (Wildman–Crippen LogP) is 5.50. The lowest BCUT2D eigenvalue weighted by Gasteiger charge is -2.51. The van der Waals surface area contributed by atoms with E-state index in [1.165, 1.54) is 0 Å². The van der Waals surface area contributed by atoms with Crippen molar-refractivity contribution in [3.63, 3.8) is 0 Å². The number of phenols is 1. The third-order valence-corrected chi connectivity index (χ3v) is 8.89. The topological polar surface area (TPSA) is 106 Å². The molecule has 1 aromatic rings. The van der Waals surface area contributed by atoms with Crippen molar-refractivity contribution in [2.75, 3.05) is 0 Å². The monoisotopic (exact) mass is 428 g/mol. The second kappa shape index (κ2) is 7.49. The van der Waals surface area contributed by atoms with E-state index in [9.17, 15) is 20.0 Å². The van der Waals surface area contributed by atoms with Crippen LogP contribution in [0.4, 0.5) is 5.69 Å². The van der Waals surface area contributed by atoms with Crippen LogP contribution in [0.25, 0.3) is 0 Å². The van der Waals surface area contributed by atoms with E-state index in [-0.39, 0.29) is 51.4 Å². The highest BCUT2D eigenvalue weighted by atomic mass is 16.6. The molecule has 1 amide bonds. The summed E-state index contributed by atoms with van der Waals surface area (Å²) in [6, 6.07) is 0. The third kappa shape index (κ3) is 3.08. The van der Waals surface area contributed by atoms with Crippen LogP contribution >= 0.6 is 0 Å². The van der Waals surface area contributed by atoms with Gasteiger partial charge in [-0.05, 0) is 84.7 Å². The average Bonchev–Trinajstić information content (AvgIpc) is 3.03. The first kappa shape index (κ1) is 22.1. The van der Waals surface area contributed by atoms with E-state index in [0.29, 0.717) is 11.8 Å². The Labute approximate surface area is 184 Å². The second-order valence-electron chi connectivity index (χ2n) is 11.0. The SMILES string of the molecule is CC(C)c1c(O)c([N+](=O)[O-])c(C(C)C)c2c1CC[C@@H]1[C@@H]2CC[C@]2(C)[C@@H](C(N)=O)CC[C@@H]12. The zero-order valence-corrected chi connectivity index (χ0v) is 19.4. The van der Waals surface area contributed by atoms with Crippen LogP contribution in [0, 0.1) is 33.3 Å². The van der Waals surface area contributed by atoms with E-state index in [0.717, 1.165) is 60.8 Å². The molecule has 4 rings (SSSR count). The van der Waals surface area contributed by atoms with Gasteiger partial charge in [0.1, 0.15) is 0 Å². The van der Waals surface area contributed by atoms with Gasteiger partial charge in [0, 0.05) is 17.0 Å². The summed E-state index contributed by atoms with van der Waals surface area (Å²) < 4.78 is 0. The standard InChI is InChI=1S/C25H36N2O4/c1-12(2)19-16-7-6-14-15(10-11-25(5)17(14)8-9-18(25)24(26)29)21(16)20(13(3)4)22(23(19)28)27(30)31/h12-15,17-18,28H,6-11H2,1-5H3,(H2,26,29)/t14-,15+,17+,18-,25+/m1/s1. The molecule has 3 N–H and O–H groups in total. The Kier molecular flexibility index (Phi) is 5.34. The van der Waals surface area contributed by atoms with Crippen molar-refractivity contribution in [3.05, 3.63) is 32.4 Å². The van der Waals surface area contributed by atoms with Gasteiger partial charge in [0.25, 0.3) is 0 Å². The van der Waals surface area contributed by atoms with Crippen molar-refractivity contribution in [1.29, 1.82) is 0 Å². The molecule has 0 aromatic heterocycles. The number of nitrogens with two attached hydrogens (primary N) is 1. The number of hydrogen-bond acceptors (Lipinski definition) is 4. The Hall–Kier alpha value is -2.11. The molecule has 1 aromatic carbocycles. The Balaban J connectivity index is 1.91. The van der Waals surface area contributed by atoms with Gasteiger partial charge in [-0.25, -0.2) is 0 Å². The highest BCUT2D eigenvalue weighted by Gasteiger charge is 2.57. The Morgan fingerprint density at radius 2 is 1.77 bits per heavy atom. The van der Waals surface area contributed by atoms with Crippen LogP contribution in [0.2, 0.25) is 0 Å². The highest BCUT2D eigenvalue weighted by Crippen LogP contribution is 2.64.